The lowest BCUT2D eigenvalue weighted by molar-refractivity contribution is 0.0430. The highest BCUT2D eigenvalue weighted by atomic mass is 16.5. The van der Waals surface area contributed by atoms with Crippen LogP contribution in [-0.2, 0) is 4.74 Å². The second-order valence-corrected chi connectivity index (χ2v) is 4.63. The first-order valence-electron chi connectivity index (χ1n) is 6.96. The molecule has 0 saturated carbocycles. The van der Waals surface area contributed by atoms with E-state index in [9.17, 15) is 5.11 Å². The molecule has 0 bridgehead atoms. The van der Waals surface area contributed by atoms with E-state index in [1.807, 2.05) is 25.1 Å². The normalized spacial score (nSPS) is 12.4. The molecule has 0 amide bonds. The maximum Gasteiger partial charge on any atom is 0.0897 e. The fourth-order valence-corrected chi connectivity index (χ4v) is 1.83. The monoisotopic (exact) mass is 266 g/mol. The van der Waals surface area contributed by atoms with Crippen molar-refractivity contribution in [1.29, 1.82) is 0 Å². The van der Waals surface area contributed by atoms with E-state index in [2.05, 4.69) is 29.4 Å². The molecule has 1 aromatic carbocycles. The molecule has 0 spiro atoms. The molecule has 0 aromatic heterocycles. The SMILES string of the molecule is CCOCC(O)CNCCCN(C)c1ccccc1. The Hall–Kier alpha value is -1.10. The van der Waals surface area contributed by atoms with Crippen LogP contribution < -0.4 is 10.2 Å². The number of aliphatic hydroxyl groups is 1. The second kappa shape index (κ2) is 9.78. The molecule has 1 atom stereocenters. The van der Waals surface area contributed by atoms with Gasteiger partial charge in [-0.3, -0.25) is 0 Å². The van der Waals surface area contributed by atoms with E-state index in [4.69, 9.17) is 4.74 Å². The van der Waals surface area contributed by atoms with Crippen LogP contribution in [-0.4, -0.2) is 51.1 Å². The van der Waals surface area contributed by atoms with Crippen LogP contribution in [0.3, 0.4) is 0 Å². The summed E-state index contributed by atoms with van der Waals surface area (Å²) in [5, 5.41) is 12.8. The first-order chi connectivity index (χ1) is 9.24. The first-order valence-corrected chi connectivity index (χ1v) is 6.96. The van der Waals surface area contributed by atoms with Crippen LogP contribution in [0.1, 0.15) is 13.3 Å². The van der Waals surface area contributed by atoms with Gasteiger partial charge in [-0.15, -0.1) is 0 Å². The zero-order chi connectivity index (χ0) is 13.9. The Morgan fingerprint density at radius 2 is 2.05 bits per heavy atom. The van der Waals surface area contributed by atoms with Gasteiger partial charge in [-0.1, -0.05) is 18.2 Å². The number of nitrogens with one attached hydrogen (secondary N) is 1. The number of ether oxygens (including phenoxy) is 1. The fraction of sp³-hybridized carbons (Fsp3) is 0.600. The van der Waals surface area contributed by atoms with Crippen molar-refractivity contribution in [3.63, 3.8) is 0 Å². The van der Waals surface area contributed by atoms with Crippen LogP contribution in [0.25, 0.3) is 0 Å². The molecule has 0 fully saturated rings. The number of nitrogens with zero attached hydrogens (tertiary/aromatic N) is 1. The third kappa shape index (κ3) is 7.15. The minimum absolute atomic E-state index is 0.410. The molecule has 0 saturated heterocycles. The van der Waals surface area contributed by atoms with Crippen LogP contribution >= 0.6 is 0 Å². The summed E-state index contributed by atoms with van der Waals surface area (Å²) in [6.45, 7) is 5.49. The molecular weight excluding hydrogens is 240 g/mol. The molecule has 2 N–H and O–H groups in total. The van der Waals surface area contributed by atoms with E-state index in [1.54, 1.807) is 0 Å². The molecule has 4 nitrogen and oxygen atoms in total. The maximum atomic E-state index is 9.57. The molecule has 0 aliphatic carbocycles. The summed E-state index contributed by atoms with van der Waals surface area (Å²) in [5.74, 6) is 0. The summed E-state index contributed by atoms with van der Waals surface area (Å²) in [7, 11) is 2.10. The van der Waals surface area contributed by atoms with Gasteiger partial charge in [-0.05, 0) is 32.0 Å². The summed E-state index contributed by atoms with van der Waals surface area (Å²) >= 11 is 0. The average Bonchev–Trinajstić information content (AvgIpc) is 2.45. The third-order valence-corrected chi connectivity index (χ3v) is 2.94. The van der Waals surface area contributed by atoms with E-state index >= 15 is 0 Å². The number of rotatable bonds is 10. The van der Waals surface area contributed by atoms with Crippen molar-refractivity contribution in [2.24, 2.45) is 0 Å². The third-order valence-electron chi connectivity index (χ3n) is 2.94. The Balaban J connectivity index is 2.05. The van der Waals surface area contributed by atoms with Crippen molar-refractivity contribution in [1.82, 2.24) is 5.32 Å². The quantitative estimate of drug-likeness (QED) is 0.630. The van der Waals surface area contributed by atoms with Crippen molar-refractivity contribution >= 4 is 5.69 Å². The van der Waals surface area contributed by atoms with Gasteiger partial charge in [-0.2, -0.15) is 0 Å². The zero-order valence-corrected chi connectivity index (χ0v) is 12.0. The molecule has 19 heavy (non-hydrogen) atoms. The lowest BCUT2D eigenvalue weighted by Crippen LogP contribution is -2.32. The summed E-state index contributed by atoms with van der Waals surface area (Å²) < 4.78 is 5.15. The summed E-state index contributed by atoms with van der Waals surface area (Å²) in [4.78, 5) is 2.23. The van der Waals surface area contributed by atoms with Gasteiger partial charge in [0.05, 0.1) is 12.7 Å². The van der Waals surface area contributed by atoms with E-state index in [-0.39, 0.29) is 0 Å². The number of benzene rings is 1. The Morgan fingerprint density at radius 3 is 2.74 bits per heavy atom. The predicted molar refractivity (Wildman–Crippen MR) is 79.7 cm³/mol. The Morgan fingerprint density at radius 1 is 1.32 bits per heavy atom. The summed E-state index contributed by atoms with van der Waals surface area (Å²) in [5.41, 5.74) is 1.24. The highest BCUT2D eigenvalue weighted by molar-refractivity contribution is 5.44. The van der Waals surface area contributed by atoms with E-state index in [0.29, 0.717) is 19.8 Å². The van der Waals surface area contributed by atoms with Gasteiger partial charge in [0.15, 0.2) is 0 Å². The smallest absolute Gasteiger partial charge is 0.0897 e. The number of aliphatic hydroxyl groups excluding tert-OH is 1. The average molecular weight is 266 g/mol. The van der Waals surface area contributed by atoms with Crippen molar-refractivity contribution in [2.45, 2.75) is 19.4 Å². The molecule has 108 valence electrons. The van der Waals surface area contributed by atoms with Gasteiger partial charge in [-0.25, -0.2) is 0 Å². The van der Waals surface area contributed by atoms with Gasteiger partial charge in [0.25, 0.3) is 0 Å². The van der Waals surface area contributed by atoms with E-state index in [1.165, 1.54) is 5.69 Å². The number of hydrogen-bond donors (Lipinski definition) is 2. The Labute approximate surface area is 116 Å². The molecule has 0 aliphatic heterocycles. The molecule has 0 radical (unpaired) electrons. The van der Waals surface area contributed by atoms with Crippen molar-refractivity contribution in [3.8, 4) is 0 Å². The second-order valence-electron chi connectivity index (χ2n) is 4.63. The van der Waals surface area contributed by atoms with Crippen LogP contribution in [0.4, 0.5) is 5.69 Å². The van der Waals surface area contributed by atoms with Gasteiger partial charge >= 0.3 is 0 Å². The highest BCUT2D eigenvalue weighted by Crippen LogP contribution is 2.10. The number of para-hydroxylation sites is 1. The lowest BCUT2D eigenvalue weighted by atomic mass is 10.3. The minimum atomic E-state index is -0.410. The summed E-state index contributed by atoms with van der Waals surface area (Å²) in [6, 6.07) is 10.3. The van der Waals surface area contributed by atoms with Gasteiger partial charge in [0, 0.05) is 32.4 Å². The van der Waals surface area contributed by atoms with Crippen molar-refractivity contribution in [3.05, 3.63) is 30.3 Å². The standard InChI is InChI=1S/C15H26N2O2/c1-3-19-13-15(18)12-16-10-7-11-17(2)14-8-5-4-6-9-14/h4-6,8-9,15-16,18H,3,7,10-13H2,1-2H3. The first kappa shape index (κ1) is 16.0. The highest BCUT2D eigenvalue weighted by Gasteiger charge is 2.03. The Bertz CT molecular complexity index is 319. The van der Waals surface area contributed by atoms with Gasteiger partial charge < -0.3 is 20.1 Å². The van der Waals surface area contributed by atoms with Crippen LogP contribution in [0, 0.1) is 0 Å². The summed E-state index contributed by atoms with van der Waals surface area (Å²) in [6.07, 6.45) is 0.638. The largest absolute Gasteiger partial charge is 0.389 e. The topological polar surface area (TPSA) is 44.7 Å². The molecule has 1 unspecified atom stereocenters. The molecule has 4 heteroatoms. The van der Waals surface area contributed by atoms with Crippen molar-refractivity contribution in [2.75, 3.05) is 44.8 Å². The predicted octanol–water partition coefficient (Wildman–Crippen LogP) is 1.50. The van der Waals surface area contributed by atoms with E-state index in [0.717, 1.165) is 19.5 Å². The minimum Gasteiger partial charge on any atom is -0.389 e. The molecule has 1 rings (SSSR count). The van der Waals surface area contributed by atoms with Crippen LogP contribution in [0.15, 0.2) is 30.3 Å². The molecular formula is C15H26N2O2. The fourth-order valence-electron chi connectivity index (χ4n) is 1.83. The van der Waals surface area contributed by atoms with Crippen LogP contribution in [0.2, 0.25) is 0 Å². The number of hydrogen-bond acceptors (Lipinski definition) is 4. The van der Waals surface area contributed by atoms with Gasteiger partial charge in [0.1, 0.15) is 0 Å². The van der Waals surface area contributed by atoms with Crippen molar-refractivity contribution < 1.29 is 9.84 Å². The van der Waals surface area contributed by atoms with Crippen LogP contribution in [0.5, 0.6) is 0 Å². The Kier molecular flexibility index (Phi) is 8.21. The molecule has 0 aliphatic rings. The van der Waals surface area contributed by atoms with Gasteiger partial charge in [0.2, 0.25) is 0 Å². The maximum absolute atomic E-state index is 9.57. The molecule has 0 heterocycles. The lowest BCUT2D eigenvalue weighted by Gasteiger charge is -2.19. The molecule has 1 aromatic rings. The van der Waals surface area contributed by atoms with E-state index < -0.39 is 6.10 Å². The zero-order valence-electron chi connectivity index (χ0n) is 12.0. The number of anilines is 1.